The molecule has 1 atom stereocenters. The number of hydrogen-bond donors (Lipinski definition) is 2. The molecule has 2 rings (SSSR count). The lowest BCUT2D eigenvalue weighted by Gasteiger charge is -2.13. The predicted molar refractivity (Wildman–Crippen MR) is 93.8 cm³/mol. The molecule has 0 saturated heterocycles. The highest BCUT2D eigenvalue weighted by Crippen LogP contribution is 2.23. The zero-order valence-corrected chi connectivity index (χ0v) is 14.5. The molecule has 6 heteroatoms. The van der Waals surface area contributed by atoms with E-state index in [1.165, 1.54) is 24.3 Å². The van der Waals surface area contributed by atoms with Crippen LogP contribution in [0.3, 0.4) is 0 Å². The standard InChI is InChI=1S/C18H21NO4S/c1-3-13(2)11-14-9-10-17(16(12-14)18(20)21)19-24(22,23)15-7-5-4-6-8-15/h4-10,12-13,19H,3,11H2,1-2H3,(H,20,21). The smallest absolute Gasteiger partial charge is 0.337 e. The van der Waals surface area contributed by atoms with Crippen molar-refractivity contribution < 1.29 is 18.3 Å². The largest absolute Gasteiger partial charge is 0.478 e. The van der Waals surface area contributed by atoms with Crippen molar-refractivity contribution in [3.05, 3.63) is 59.7 Å². The fourth-order valence-electron chi connectivity index (χ4n) is 2.33. The number of hydrogen-bond acceptors (Lipinski definition) is 3. The van der Waals surface area contributed by atoms with Gasteiger partial charge in [-0.25, -0.2) is 13.2 Å². The summed E-state index contributed by atoms with van der Waals surface area (Å²) >= 11 is 0. The summed E-state index contributed by atoms with van der Waals surface area (Å²) in [6.45, 7) is 4.16. The lowest BCUT2D eigenvalue weighted by molar-refractivity contribution is 0.0698. The minimum absolute atomic E-state index is 0.0460. The topological polar surface area (TPSA) is 83.5 Å². The Kier molecular flexibility index (Phi) is 5.62. The van der Waals surface area contributed by atoms with Gasteiger partial charge >= 0.3 is 5.97 Å². The molecule has 24 heavy (non-hydrogen) atoms. The highest BCUT2D eigenvalue weighted by atomic mass is 32.2. The lowest BCUT2D eigenvalue weighted by atomic mass is 9.97. The Balaban J connectivity index is 2.35. The van der Waals surface area contributed by atoms with Gasteiger partial charge in [0.1, 0.15) is 0 Å². The van der Waals surface area contributed by atoms with E-state index in [4.69, 9.17) is 0 Å². The van der Waals surface area contributed by atoms with Crippen molar-refractivity contribution >= 4 is 21.7 Å². The van der Waals surface area contributed by atoms with Crippen LogP contribution >= 0.6 is 0 Å². The van der Waals surface area contributed by atoms with E-state index in [0.29, 0.717) is 5.92 Å². The van der Waals surface area contributed by atoms with Crippen molar-refractivity contribution in [3.63, 3.8) is 0 Å². The molecule has 0 radical (unpaired) electrons. The summed E-state index contributed by atoms with van der Waals surface area (Å²) in [7, 11) is -3.82. The van der Waals surface area contributed by atoms with Crippen LogP contribution in [0.4, 0.5) is 5.69 Å². The zero-order valence-electron chi connectivity index (χ0n) is 13.7. The number of sulfonamides is 1. The Bertz CT molecular complexity index is 816. The highest BCUT2D eigenvalue weighted by molar-refractivity contribution is 7.92. The number of benzene rings is 2. The van der Waals surface area contributed by atoms with Gasteiger partial charge in [-0.05, 0) is 42.2 Å². The third kappa shape index (κ3) is 4.35. The second kappa shape index (κ2) is 7.49. The van der Waals surface area contributed by atoms with Crippen LogP contribution in [0.15, 0.2) is 53.4 Å². The van der Waals surface area contributed by atoms with Crippen molar-refractivity contribution in [2.75, 3.05) is 4.72 Å². The molecule has 2 N–H and O–H groups in total. The molecule has 1 unspecified atom stereocenters. The number of carbonyl (C=O) groups is 1. The second-order valence-electron chi connectivity index (χ2n) is 5.82. The summed E-state index contributed by atoms with van der Waals surface area (Å²) in [5, 5.41) is 9.41. The van der Waals surface area contributed by atoms with Gasteiger partial charge in [-0.1, -0.05) is 44.5 Å². The molecule has 0 heterocycles. The van der Waals surface area contributed by atoms with Crippen LogP contribution in [0, 0.1) is 5.92 Å². The Morgan fingerprint density at radius 3 is 2.42 bits per heavy atom. The third-order valence-electron chi connectivity index (χ3n) is 3.89. The summed E-state index contributed by atoms with van der Waals surface area (Å²) in [6, 6.07) is 12.7. The monoisotopic (exact) mass is 347 g/mol. The number of anilines is 1. The summed E-state index contributed by atoms with van der Waals surface area (Å²) in [5.41, 5.74) is 0.902. The van der Waals surface area contributed by atoms with Gasteiger partial charge in [-0.3, -0.25) is 4.72 Å². The number of nitrogens with one attached hydrogen (secondary N) is 1. The fraction of sp³-hybridized carbons (Fsp3) is 0.278. The molecule has 2 aromatic carbocycles. The van der Waals surface area contributed by atoms with Gasteiger partial charge in [0.2, 0.25) is 0 Å². The van der Waals surface area contributed by atoms with Gasteiger partial charge in [0.25, 0.3) is 10.0 Å². The van der Waals surface area contributed by atoms with E-state index in [-0.39, 0.29) is 16.1 Å². The van der Waals surface area contributed by atoms with Crippen LogP contribution in [0.25, 0.3) is 0 Å². The Hall–Kier alpha value is -2.34. The molecule has 0 spiro atoms. The van der Waals surface area contributed by atoms with Gasteiger partial charge in [0.15, 0.2) is 0 Å². The molecular formula is C18H21NO4S. The fourth-order valence-corrected chi connectivity index (χ4v) is 3.44. The van der Waals surface area contributed by atoms with Gasteiger partial charge in [0, 0.05) is 0 Å². The molecule has 0 aliphatic heterocycles. The Labute approximate surface area is 142 Å². The molecule has 0 aliphatic carbocycles. The van der Waals surface area contributed by atoms with E-state index in [1.807, 2.05) is 0 Å². The molecule has 0 fully saturated rings. The van der Waals surface area contributed by atoms with Crippen LogP contribution in [-0.2, 0) is 16.4 Å². The summed E-state index contributed by atoms with van der Waals surface area (Å²) < 4.78 is 27.1. The molecule has 0 bridgehead atoms. The minimum atomic E-state index is -3.82. The molecule has 0 aliphatic rings. The molecule has 0 saturated carbocycles. The first kappa shape index (κ1) is 18.0. The predicted octanol–water partition coefficient (Wildman–Crippen LogP) is 3.77. The number of rotatable bonds is 7. The van der Waals surface area contributed by atoms with Crippen LogP contribution in [0.1, 0.15) is 36.2 Å². The van der Waals surface area contributed by atoms with Crippen LogP contribution in [0.2, 0.25) is 0 Å². The van der Waals surface area contributed by atoms with Crippen molar-refractivity contribution in [2.24, 2.45) is 5.92 Å². The number of carboxylic acids is 1. The van der Waals surface area contributed by atoms with Gasteiger partial charge in [-0.15, -0.1) is 0 Å². The maximum Gasteiger partial charge on any atom is 0.337 e. The van der Waals surface area contributed by atoms with Gasteiger partial charge < -0.3 is 5.11 Å². The van der Waals surface area contributed by atoms with Gasteiger partial charge in [0.05, 0.1) is 16.1 Å². The molecule has 0 amide bonds. The van der Waals surface area contributed by atoms with Crippen molar-refractivity contribution in [2.45, 2.75) is 31.6 Å². The Morgan fingerprint density at radius 1 is 1.17 bits per heavy atom. The lowest BCUT2D eigenvalue weighted by Crippen LogP contribution is -2.16. The van der Waals surface area contributed by atoms with E-state index in [0.717, 1.165) is 18.4 Å². The highest BCUT2D eigenvalue weighted by Gasteiger charge is 2.19. The first-order chi connectivity index (χ1) is 11.3. The first-order valence-electron chi connectivity index (χ1n) is 7.77. The summed E-state index contributed by atoms with van der Waals surface area (Å²) in [6.07, 6.45) is 1.74. The maximum atomic E-state index is 12.4. The van der Waals surface area contributed by atoms with Crippen LogP contribution in [0.5, 0.6) is 0 Å². The van der Waals surface area contributed by atoms with E-state index in [9.17, 15) is 18.3 Å². The molecule has 2 aromatic rings. The van der Waals surface area contributed by atoms with E-state index >= 15 is 0 Å². The third-order valence-corrected chi connectivity index (χ3v) is 5.27. The van der Waals surface area contributed by atoms with E-state index in [2.05, 4.69) is 18.6 Å². The normalized spacial score (nSPS) is 12.6. The van der Waals surface area contributed by atoms with Crippen LogP contribution < -0.4 is 4.72 Å². The quantitative estimate of drug-likeness (QED) is 0.798. The average Bonchev–Trinajstić information content (AvgIpc) is 2.56. The van der Waals surface area contributed by atoms with E-state index < -0.39 is 16.0 Å². The molecule has 128 valence electrons. The molecule has 0 aromatic heterocycles. The Morgan fingerprint density at radius 2 is 1.83 bits per heavy atom. The summed E-state index contributed by atoms with van der Waals surface area (Å²) in [5.74, 6) is -0.731. The van der Waals surface area contributed by atoms with Crippen molar-refractivity contribution in [3.8, 4) is 0 Å². The molecular weight excluding hydrogens is 326 g/mol. The second-order valence-corrected chi connectivity index (χ2v) is 7.50. The average molecular weight is 347 g/mol. The number of aromatic carboxylic acids is 1. The van der Waals surface area contributed by atoms with Gasteiger partial charge in [-0.2, -0.15) is 0 Å². The molecule has 5 nitrogen and oxygen atoms in total. The summed E-state index contributed by atoms with van der Waals surface area (Å²) in [4.78, 5) is 11.6. The SMILES string of the molecule is CCC(C)Cc1ccc(NS(=O)(=O)c2ccccc2)c(C(=O)O)c1. The number of carboxylic acid groups (broad SMARTS) is 1. The van der Waals surface area contributed by atoms with Crippen molar-refractivity contribution in [1.82, 2.24) is 0 Å². The first-order valence-corrected chi connectivity index (χ1v) is 9.26. The maximum absolute atomic E-state index is 12.4. The zero-order chi connectivity index (χ0) is 17.7. The van der Waals surface area contributed by atoms with Crippen molar-refractivity contribution in [1.29, 1.82) is 0 Å². The van der Waals surface area contributed by atoms with Crippen LogP contribution in [-0.4, -0.2) is 19.5 Å². The minimum Gasteiger partial charge on any atom is -0.478 e. The van der Waals surface area contributed by atoms with E-state index in [1.54, 1.807) is 24.3 Å².